The van der Waals surface area contributed by atoms with E-state index < -0.39 is 0 Å². The Morgan fingerprint density at radius 1 is 1.47 bits per heavy atom. The van der Waals surface area contributed by atoms with Crippen LogP contribution in [-0.4, -0.2) is 24.0 Å². The zero-order chi connectivity index (χ0) is 11.3. The molecule has 0 aromatic heterocycles. The summed E-state index contributed by atoms with van der Waals surface area (Å²) in [6, 6.07) is 5.19. The van der Waals surface area contributed by atoms with Crippen LogP contribution < -0.4 is 5.32 Å². The maximum absolute atomic E-state index is 11.2. The molecule has 0 aliphatic heterocycles. The Labute approximate surface area is 90.1 Å². The second kappa shape index (κ2) is 5.51. The maximum atomic E-state index is 11.2. The molecule has 0 bridgehead atoms. The van der Waals surface area contributed by atoms with E-state index in [9.17, 15) is 9.90 Å². The number of hydrogen-bond acceptors (Lipinski definition) is 3. The fourth-order valence-corrected chi connectivity index (χ4v) is 1.43. The summed E-state index contributed by atoms with van der Waals surface area (Å²) in [6.45, 7) is 5.34. The first-order valence-electron chi connectivity index (χ1n) is 5.18. The number of carbonyl (C=O) groups is 1. The van der Waals surface area contributed by atoms with Crippen molar-refractivity contribution in [1.29, 1.82) is 0 Å². The number of ketones is 1. The van der Waals surface area contributed by atoms with E-state index in [4.69, 9.17) is 0 Å². The molecule has 0 amide bonds. The van der Waals surface area contributed by atoms with E-state index in [1.165, 1.54) is 6.92 Å². The van der Waals surface area contributed by atoms with Gasteiger partial charge in [0, 0.05) is 0 Å². The van der Waals surface area contributed by atoms with Crippen molar-refractivity contribution in [2.75, 3.05) is 13.1 Å². The lowest BCUT2D eigenvalue weighted by Crippen LogP contribution is -2.16. The first-order valence-corrected chi connectivity index (χ1v) is 5.18. The number of Topliss-reactive ketones (excluding diaryl/α,β-unsaturated/α-hetero) is 1. The third kappa shape index (κ3) is 3.36. The molecule has 0 aliphatic rings. The van der Waals surface area contributed by atoms with Crippen LogP contribution in [0.3, 0.4) is 0 Å². The molecule has 0 atom stereocenters. The number of hydrogen-bond donors (Lipinski definition) is 2. The highest BCUT2D eigenvalue weighted by Crippen LogP contribution is 2.19. The van der Waals surface area contributed by atoms with Gasteiger partial charge in [-0.3, -0.25) is 4.79 Å². The summed E-state index contributed by atoms with van der Waals surface area (Å²) in [6.07, 6.45) is 0.869. The minimum atomic E-state index is -0.0993. The van der Waals surface area contributed by atoms with Crippen molar-refractivity contribution in [2.45, 2.75) is 20.3 Å². The Kier molecular flexibility index (Phi) is 4.31. The van der Waals surface area contributed by atoms with Crippen molar-refractivity contribution in [3.8, 4) is 5.75 Å². The average Bonchev–Trinajstić information content (AvgIpc) is 2.20. The van der Waals surface area contributed by atoms with Crippen LogP contribution in [0.2, 0.25) is 0 Å². The highest BCUT2D eigenvalue weighted by molar-refractivity contribution is 5.96. The third-order valence-electron chi connectivity index (χ3n) is 2.28. The minimum Gasteiger partial charge on any atom is -0.507 e. The van der Waals surface area contributed by atoms with Gasteiger partial charge < -0.3 is 10.4 Å². The van der Waals surface area contributed by atoms with Gasteiger partial charge in [0.15, 0.2) is 5.78 Å². The van der Waals surface area contributed by atoms with Crippen LogP contribution in [0.4, 0.5) is 0 Å². The van der Waals surface area contributed by atoms with E-state index in [0.717, 1.165) is 25.1 Å². The van der Waals surface area contributed by atoms with Crippen molar-refractivity contribution in [3.63, 3.8) is 0 Å². The van der Waals surface area contributed by atoms with Crippen molar-refractivity contribution < 1.29 is 9.90 Å². The zero-order valence-electron chi connectivity index (χ0n) is 9.21. The number of aromatic hydroxyl groups is 1. The molecule has 1 aromatic carbocycles. The van der Waals surface area contributed by atoms with Crippen LogP contribution in [0.1, 0.15) is 29.8 Å². The van der Waals surface area contributed by atoms with Gasteiger partial charge in [0.05, 0.1) is 5.56 Å². The highest BCUT2D eigenvalue weighted by Gasteiger charge is 2.06. The molecule has 0 fully saturated rings. The lowest BCUT2D eigenvalue weighted by molar-refractivity contribution is 0.101. The van der Waals surface area contributed by atoms with Crippen LogP contribution in [-0.2, 0) is 6.42 Å². The number of nitrogens with one attached hydrogen (secondary N) is 1. The molecule has 0 heterocycles. The van der Waals surface area contributed by atoms with Gasteiger partial charge >= 0.3 is 0 Å². The Morgan fingerprint density at radius 2 is 2.20 bits per heavy atom. The lowest BCUT2D eigenvalue weighted by Gasteiger charge is -2.05. The van der Waals surface area contributed by atoms with E-state index >= 15 is 0 Å². The fraction of sp³-hybridized carbons (Fsp3) is 0.417. The van der Waals surface area contributed by atoms with Crippen LogP contribution in [0.15, 0.2) is 18.2 Å². The van der Waals surface area contributed by atoms with Crippen molar-refractivity contribution >= 4 is 5.78 Å². The number of carbonyl (C=O) groups excluding carboxylic acids is 1. The van der Waals surface area contributed by atoms with Gasteiger partial charge in [0.1, 0.15) is 5.75 Å². The summed E-state index contributed by atoms with van der Waals surface area (Å²) in [5.41, 5.74) is 1.47. The Morgan fingerprint density at radius 3 is 2.80 bits per heavy atom. The monoisotopic (exact) mass is 207 g/mol. The van der Waals surface area contributed by atoms with Crippen LogP contribution in [0, 0.1) is 0 Å². The van der Waals surface area contributed by atoms with Gasteiger partial charge in [-0.2, -0.15) is 0 Å². The molecule has 15 heavy (non-hydrogen) atoms. The minimum absolute atomic E-state index is 0.0645. The van der Waals surface area contributed by atoms with Gasteiger partial charge in [-0.15, -0.1) is 0 Å². The SMILES string of the molecule is CCNCCc1ccc(O)c(C(C)=O)c1. The predicted octanol–water partition coefficient (Wildman–Crippen LogP) is 1.75. The largest absolute Gasteiger partial charge is 0.507 e. The van der Waals surface area contributed by atoms with Gasteiger partial charge in [-0.05, 0) is 44.1 Å². The van der Waals surface area contributed by atoms with Crippen LogP contribution in [0.25, 0.3) is 0 Å². The average molecular weight is 207 g/mol. The molecule has 0 spiro atoms. The molecule has 3 nitrogen and oxygen atoms in total. The van der Waals surface area contributed by atoms with Crippen molar-refractivity contribution in [2.24, 2.45) is 0 Å². The Bertz CT molecular complexity index is 347. The van der Waals surface area contributed by atoms with Gasteiger partial charge in [0.2, 0.25) is 0 Å². The zero-order valence-corrected chi connectivity index (χ0v) is 9.21. The van der Waals surface area contributed by atoms with E-state index in [1.807, 2.05) is 6.07 Å². The first kappa shape index (κ1) is 11.7. The predicted molar refractivity (Wildman–Crippen MR) is 60.4 cm³/mol. The standard InChI is InChI=1S/C12H17NO2/c1-3-13-7-6-10-4-5-12(15)11(8-10)9(2)14/h4-5,8,13,15H,3,6-7H2,1-2H3. The molecule has 3 heteroatoms. The fourth-order valence-electron chi connectivity index (χ4n) is 1.43. The van der Waals surface area contributed by atoms with E-state index in [1.54, 1.807) is 12.1 Å². The smallest absolute Gasteiger partial charge is 0.163 e. The second-order valence-electron chi connectivity index (χ2n) is 3.51. The summed E-state index contributed by atoms with van der Waals surface area (Å²) < 4.78 is 0. The summed E-state index contributed by atoms with van der Waals surface area (Å²) >= 11 is 0. The van der Waals surface area contributed by atoms with E-state index in [2.05, 4.69) is 12.2 Å². The summed E-state index contributed by atoms with van der Waals surface area (Å²) in [5.74, 6) is -0.0347. The number of likely N-dealkylation sites (N-methyl/N-ethyl adjacent to an activating group) is 1. The molecular weight excluding hydrogens is 190 g/mol. The summed E-state index contributed by atoms with van der Waals surface area (Å²) in [4.78, 5) is 11.2. The van der Waals surface area contributed by atoms with Crippen molar-refractivity contribution in [3.05, 3.63) is 29.3 Å². The molecule has 82 valence electrons. The Hall–Kier alpha value is -1.35. The number of phenolic OH excluding ortho intramolecular Hbond substituents is 1. The third-order valence-corrected chi connectivity index (χ3v) is 2.28. The molecule has 1 aromatic rings. The normalized spacial score (nSPS) is 10.3. The summed E-state index contributed by atoms with van der Waals surface area (Å²) in [5, 5.41) is 12.7. The molecule has 0 saturated heterocycles. The second-order valence-corrected chi connectivity index (χ2v) is 3.51. The lowest BCUT2D eigenvalue weighted by atomic mass is 10.0. The number of rotatable bonds is 5. The highest BCUT2D eigenvalue weighted by atomic mass is 16.3. The van der Waals surface area contributed by atoms with E-state index in [-0.39, 0.29) is 11.5 Å². The maximum Gasteiger partial charge on any atom is 0.163 e. The first-order chi connectivity index (χ1) is 7.15. The molecule has 0 unspecified atom stereocenters. The number of benzene rings is 1. The van der Waals surface area contributed by atoms with Crippen molar-refractivity contribution in [1.82, 2.24) is 5.32 Å². The molecule has 2 N–H and O–H groups in total. The molecule has 0 radical (unpaired) electrons. The van der Waals surface area contributed by atoms with Gasteiger partial charge in [-0.25, -0.2) is 0 Å². The molecule has 0 saturated carbocycles. The van der Waals surface area contributed by atoms with Gasteiger partial charge in [-0.1, -0.05) is 13.0 Å². The van der Waals surface area contributed by atoms with E-state index in [0.29, 0.717) is 5.56 Å². The quantitative estimate of drug-likeness (QED) is 0.571. The summed E-state index contributed by atoms with van der Waals surface area (Å²) in [7, 11) is 0. The van der Waals surface area contributed by atoms with Gasteiger partial charge in [0.25, 0.3) is 0 Å². The molecule has 0 aliphatic carbocycles. The van der Waals surface area contributed by atoms with Crippen LogP contribution in [0.5, 0.6) is 5.75 Å². The Balaban J connectivity index is 2.74. The number of phenols is 1. The topological polar surface area (TPSA) is 49.3 Å². The molecule has 1 rings (SSSR count). The van der Waals surface area contributed by atoms with Crippen LogP contribution >= 0.6 is 0 Å². The molecular formula is C12H17NO2.